The van der Waals surface area contributed by atoms with Gasteiger partial charge in [0.15, 0.2) is 0 Å². The van der Waals surface area contributed by atoms with Crippen molar-refractivity contribution in [2.24, 2.45) is 5.92 Å². The summed E-state index contributed by atoms with van der Waals surface area (Å²) in [4.78, 5) is 11.0. The lowest BCUT2D eigenvalue weighted by Crippen LogP contribution is -2.35. The van der Waals surface area contributed by atoms with Gasteiger partial charge < -0.3 is 16.0 Å². The molecule has 0 saturated carbocycles. The molecule has 5 nitrogen and oxygen atoms in total. The average Bonchev–Trinajstić information content (AvgIpc) is 2.45. The Bertz CT molecular complexity index is 424. The molecule has 2 rings (SSSR count). The van der Waals surface area contributed by atoms with Crippen molar-refractivity contribution in [2.75, 3.05) is 37.2 Å². The zero-order valence-corrected chi connectivity index (χ0v) is 12.9. The number of nitrogen functional groups attached to an aromatic ring is 1. The molecular formula is C15H27N5. The van der Waals surface area contributed by atoms with Crippen molar-refractivity contribution in [3.63, 3.8) is 0 Å². The summed E-state index contributed by atoms with van der Waals surface area (Å²) in [5, 5.41) is 3.49. The molecule has 0 aliphatic carbocycles. The lowest BCUT2D eigenvalue weighted by Gasteiger charge is -2.31. The van der Waals surface area contributed by atoms with Gasteiger partial charge in [0.25, 0.3) is 0 Å². The van der Waals surface area contributed by atoms with Gasteiger partial charge in [-0.25, -0.2) is 9.97 Å². The molecule has 1 fully saturated rings. The van der Waals surface area contributed by atoms with Crippen molar-refractivity contribution in [1.82, 2.24) is 14.9 Å². The summed E-state index contributed by atoms with van der Waals surface area (Å²) in [6.45, 7) is 11.1. The predicted octanol–water partition coefficient (Wildman–Crippen LogP) is 2.33. The maximum Gasteiger partial charge on any atom is 0.134 e. The zero-order valence-electron chi connectivity index (χ0n) is 12.9. The molecule has 0 radical (unpaired) electrons. The first-order valence-electron chi connectivity index (χ1n) is 7.68. The highest BCUT2D eigenvalue weighted by atomic mass is 15.1. The standard InChI is InChI=1S/C15H27N5/c1-4-20-7-5-12(6-8-20)9-17-15-13(11(2)3)14(16)18-10-19-15/h10-12H,4-9H2,1-3H3,(H3,16,17,18,19). The van der Waals surface area contributed by atoms with Gasteiger partial charge in [-0.15, -0.1) is 0 Å². The van der Waals surface area contributed by atoms with E-state index in [-0.39, 0.29) is 0 Å². The predicted molar refractivity (Wildman–Crippen MR) is 83.9 cm³/mol. The van der Waals surface area contributed by atoms with Crippen LogP contribution < -0.4 is 11.1 Å². The van der Waals surface area contributed by atoms with Crippen LogP contribution in [0.15, 0.2) is 6.33 Å². The molecular weight excluding hydrogens is 250 g/mol. The van der Waals surface area contributed by atoms with Crippen molar-refractivity contribution in [3.05, 3.63) is 11.9 Å². The maximum absolute atomic E-state index is 5.97. The second kappa shape index (κ2) is 6.88. The van der Waals surface area contributed by atoms with E-state index in [9.17, 15) is 0 Å². The number of nitrogens with one attached hydrogen (secondary N) is 1. The number of anilines is 2. The summed E-state index contributed by atoms with van der Waals surface area (Å²) in [6, 6.07) is 0. The van der Waals surface area contributed by atoms with E-state index in [1.807, 2.05) is 0 Å². The number of hydrogen-bond acceptors (Lipinski definition) is 5. The molecule has 5 heteroatoms. The molecule has 112 valence electrons. The SMILES string of the molecule is CCN1CCC(CNc2ncnc(N)c2C(C)C)CC1. The highest BCUT2D eigenvalue weighted by molar-refractivity contribution is 5.56. The van der Waals surface area contributed by atoms with Gasteiger partial charge in [0.1, 0.15) is 18.0 Å². The summed E-state index contributed by atoms with van der Waals surface area (Å²) in [5.41, 5.74) is 7.01. The Balaban J connectivity index is 1.93. The van der Waals surface area contributed by atoms with Crippen LogP contribution in [0.2, 0.25) is 0 Å². The molecule has 1 saturated heterocycles. The number of hydrogen-bond donors (Lipinski definition) is 2. The van der Waals surface area contributed by atoms with Crippen molar-refractivity contribution in [3.8, 4) is 0 Å². The Hall–Kier alpha value is -1.36. The molecule has 1 aliphatic heterocycles. The van der Waals surface area contributed by atoms with E-state index in [2.05, 4.69) is 41.0 Å². The Morgan fingerprint density at radius 3 is 2.65 bits per heavy atom. The second-order valence-corrected chi connectivity index (χ2v) is 5.93. The maximum atomic E-state index is 5.97. The van der Waals surface area contributed by atoms with Gasteiger partial charge in [-0.2, -0.15) is 0 Å². The second-order valence-electron chi connectivity index (χ2n) is 5.93. The van der Waals surface area contributed by atoms with Crippen LogP contribution >= 0.6 is 0 Å². The first kappa shape index (κ1) is 15.0. The third-order valence-electron chi connectivity index (χ3n) is 4.20. The van der Waals surface area contributed by atoms with E-state index in [4.69, 9.17) is 5.73 Å². The number of piperidine rings is 1. The number of nitrogens with two attached hydrogens (primary N) is 1. The third kappa shape index (κ3) is 3.60. The van der Waals surface area contributed by atoms with Gasteiger partial charge in [0, 0.05) is 12.1 Å². The van der Waals surface area contributed by atoms with E-state index in [0.29, 0.717) is 11.7 Å². The van der Waals surface area contributed by atoms with Crippen LogP contribution in [-0.2, 0) is 0 Å². The molecule has 0 bridgehead atoms. The van der Waals surface area contributed by atoms with Gasteiger partial charge in [-0.05, 0) is 44.3 Å². The van der Waals surface area contributed by atoms with Crippen LogP contribution in [0.3, 0.4) is 0 Å². The fraction of sp³-hybridized carbons (Fsp3) is 0.733. The molecule has 0 amide bonds. The molecule has 2 heterocycles. The van der Waals surface area contributed by atoms with Gasteiger partial charge in [-0.3, -0.25) is 0 Å². The highest BCUT2D eigenvalue weighted by Crippen LogP contribution is 2.27. The number of rotatable bonds is 5. The lowest BCUT2D eigenvalue weighted by atomic mass is 9.96. The van der Waals surface area contributed by atoms with Crippen LogP contribution in [0.5, 0.6) is 0 Å². The average molecular weight is 277 g/mol. The monoisotopic (exact) mass is 277 g/mol. The Kier molecular flexibility index (Phi) is 5.17. The van der Waals surface area contributed by atoms with Crippen molar-refractivity contribution in [1.29, 1.82) is 0 Å². The van der Waals surface area contributed by atoms with Crippen molar-refractivity contribution in [2.45, 2.75) is 39.5 Å². The van der Waals surface area contributed by atoms with Crippen LogP contribution in [0, 0.1) is 5.92 Å². The van der Waals surface area contributed by atoms with Crippen molar-refractivity contribution < 1.29 is 0 Å². The topological polar surface area (TPSA) is 67.1 Å². The van der Waals surface area contributed by atoms with Crippen LogP contribution in [0.25, 0.3) is 0 Å². The first-order chi connectivity index (χ1) is 9.61. The smallest absolute Gasteiger partial charge is 0.134 e. The molecule has 1 aliphatic rings. The molecule has 1 aromatic heterocycles. The van der Waals surface area contributed by atoms with E-state index in [1.165, 1.54) is 32.5 Å². The molecule has 0 spiro atoms. The fourth-order valence-corrected chi connectivity index (χ4v) is 2.87. The Morgan fingerprint density at radius 2 is 2.05 bits per heavy atom. The summed E-state index contributed by atoms with van der Waals surface area (Å²) < 4.78 is 0. The van der Waals surface area contributed by atoms with Crippen LogP contribution in [-0.4, -0.2) is 41.0 Å². The first-order valence-corrected chi connectivity index (χ1v) is 7.68. The minimum absolute atomic E-state index is 0.334. The minimum Gasteiger partial charge on any atom is -0.383 e. The van der Waals surface area contributed by atoms with Gasteiger partial charge >= 0.3 is 0 Å². The van der Waals surface area contributed by atoms with Crippen LogP contribution in [0.1, 0.15) is 45.1 Å². The van der Waals surface area contributed by atoms with E-state index in [0.717, 1.165) is 23.8 Å². The fourth-order valence-electron chi connectivity index (χ4n) is 2.87. The third-order valence-corrected chi connectivity index (χ3v) is 4.20. The number of nitrogens with zero attached hydrogens (tertiary/aromatic N) is 3. The largest absolute Gasteiger partial charge is 0.383 e. The lowest BCUT2D eigenvalue weighted by molar-refractivity contribution is 0.198. The van der Waals surface area contributed by atoms with E-state index >= 15 is 0 Å². The quantitative estimate of drug-likeness (QED) is 0.864. The Morgan fingerprint density at radius 1 is 1.35 bits per heavy atom. The molecule has 0 atom stereocenters. The Labute approximate surface area is 122 Å². The summed E-state index contributed by atoms with van der Waals surface area (Å²) in [5.74, 6) is 2.57. The highest BCUT2D eigenvalue weighted by Gasteiger charge is 2.19. The summed E-state index contributed by atoms with van der Waals surface area (Å²) in [7, 11) is 0. The normalized spacial score (nSPS) is 17.6. The summed E-state index contributed by atoms with van der Waals surface area (Å²) in [6.07, 6.45) is 4.07. The molecule has 1 aromatic rings. The van der Waals surface area contributed by atoms with Crippen LogP contribution in [0.4, 0.5) is 11.6 Å². The van der Waals surface area contributed by atoms with Crippen molar-refractivity contribution >= 4 is 11.6 Å². The van der Waals surface area contributed by atoms with E-state index in [1.54, 1.807) is 6.33 Å². The summed E-state index contributed by atoms with van der Waals surface area (Å²) >= 11 is 0. The number of aromatic nitrogens is 2. The molecule has 0 aromatic carbocycles. The van der Waals surface area contributed by atoms with Gasteiger partial charge in [0.05, 0.1) is 0 Å². The molecule has 3 N–H and O–H groups in total. The molecule has 0 unspecified atom stereocenters. The van der Waals surface area contributed by atoms with Gasteiger partial charge in [-0.1, -0.05) is 20.8 Å². The van der Waals surface area contributed by atoms with Gasteiger partial charge in [0.2, 0.25) is 0 Å². The number of likely N-dealkylation sites (tertiary alicyclic amines) is 1. The molecule has 20 heavy (non-hydrogen) atoms. The minimum atomic E-state index is 0.334. The van der Waals surface area contributed by atoms with E-state index < -0.39 is 0 Å². The zero-order chi connectivity index (χ0) is 14.5.